The van der Waals surface area contributed by atoms with Gasteiger partial charge in [0, 0.05) is 37.8 Å². The molecule has 3 rings (SSSR count). The van der Waals surface area contributed by atoms with Gasteiger partial charge in [0.1, 0.15) is 18.1 Å². The van der Waals surface area contributed by atoms with Crippen LogP contribution in [0.2, 0.25) is 0 Å². The highest BCUT2D eigenvalue weighted by Gasteiger charge is 2.42. The van der Waals surface area contributed by atoms with Gasteiger partial charge in [-0.05, 0) is 25.2 Å². The fraction of sp³-hybridized carbons (Fsp3) is 0.789. The van der Waals surface area contributed by atoms with Crippen LogP contribution < -0.4 is 5.32 Å². The van der Waals surface area contributed by atoms with Gasteiger partial charge in [-0.25, -0.2) is 18.0 Å². The average molecular weight is 387 g/mol. The van der Waals surface area contributed by atoms with Crippen LogP contribution in [-0.4, -0.2) is 34.1 Å². The third-order valence-corrected chi connectivity index (χ3v) is 5.80. The summed E-state index contributed by atoms with van der Waals surface area (Å²) in [5.41, 5.74) is 1.22. The lowest BCUT2D eigenvalue weighted by molar-refractivity contribution is 0.00632. The molecule has 1 amide bonds. The number of amides is 1. The molecular formula is C19H28F3N3O2. The minimum absolute atomic E-state index is 0.204. The van der Waals surface area contributed by atoms with Crippen molar-refractivity contribution in [3.05, 3.63) is 11.3 Å². The van der Waals surface area contributed by atoms with E-state index in [2.05, 4.69) is 17.3 Å². The first kappa shape index (κ1) is 20.0. The summed E-state index contributed by atoms with van der Waals surface area (Å²) in [6, 6.07) is 0. The minimum atomic E-state index is -2.80. The Morgan fingerprint density at radius 1 is 1.44 bits per heavy atom. The molecule has 0 bridgehead atoms. The van der Waals surface area contributed by atoms with Gasteiger partial charge in [0.25, 0.3) is 0 Å². The van der Waals surface area contributed by atoms with Crippen LogP contribution in [-0.2, 0) is 17.2 Å². The molecule has 152 valence electrons. The smallest absolute Gasteiger partial charge is 0.413 e. The number of halogens is 3. The highest BCUT2D eigenvalue weighted by atomic mass is 19.3. The number of ether oxygens (including phenoxy) is 1. The SMILES string of the molecule is CC(CC(C)(F)F)c1nn(C)c(NC(=O)OC2CC(F)C2)c1C1(C)CCC1. The largest absolute Gasteiger partial charge is 0.446 e. The second-order valence-corrected chi connectivity index (χ2v) is 8.54. The normalized spacial score (nSPS) is 25.3. The lowest BCUT2D eigenvalue weighted by Crippen LogP contribution is -2.37. The van der Waals surface area contributed by atoms with Crippen molar-refractivity contribution in [3.8, 4) is 0 Å². The van der Waals surface area contributed by atoms with E-state index in [1.165, 1.54) is 4.68 Å². The molecule has 2 aliphatic carbocycles. The first-order valence-electron chi connectivity index (χ1n) is 9.55. The molecule has 1 heterocycles. The van der Waals surface area contributed by atoms with E-state index in [-0.39, 0.29) is 24.7 Å². The topological polar surface area (TPSA) is 56.2 Å². The van der Waals surface area contributed by atoms with Crippen molar-refractivity contribution in [3.63, 3.8) is 0 Å². The number of aromatic nitrogens is 2. The Hall–Kier alpha value is -1.73. The Bertz CT molecular complexity index is 704. The fourth-order valence-electron chi connectivity index (χ4n) is 4.09. The van der Waals surface area contributed by atoms with Gasteiger partial charge in [0.05, 0.1) is 5.69 Å². The predicted molar refractivity (Wildman–Crippen MR) is 96.1 cm³/mol. The molecule has 1 unspecified atom stereocenters. The number of hydrogen-bond acceptors (Lipinski definition) is 3. The molecule has 0 spiro atoms. The van der Waals surface area contributed by atoms with Crippen molar-refractivity contribution in [2.45, 2.75) is 88.8 Å². The van der Waals surface area contributed by atoms with Crippen LogP contribution in [0.5, 0.6) is 0 Å². The first-order chi connectivity index (χ1) is 12.5. The molecule has 0 aliphatic heterocycles. The van der Waals surface area contributed by atoms with Crippen LogP contribution in [0.3, 0.4) is 0 Å². The Morgan fingerprint density at radius 3 is 2.56 bits per heavy atom. The minimum Gasteiger partial charge on any atom is -0.446 e. The summed E-state index contributed by atoms with van der Waals surface area (Å²) < 4.78 is 46.8. The van der Waals surface area contributed by atoms with E-state index < -0.39 is 30.2 Å². The molecule has 0 radical (unpaired) electrons. The molecule has 1 N–H and O–H groups in total. The molecule has 2 fully saturated rings. The van der Waals surface area contributed by atoms with Crippen molar-refractivity contribution in [2.24, 2.45) is 7.05 Å². The number of anilines is 1. The number of nitrogens with one attached hydrogen (secondary N) is 1. The van der Waals surface area contributed by atoms with Crippen molar-refractivity contribution < 1.29 is 22.7 Å². The zero-order chi connectivity index (χ0) is 20.0. The third-order valence-electron chi connectivity index (χ3n) is 5.80. The maximum absolute atomic E-state index is 13.6. The Labute approximate surface area is 157 Å². The number of hydrogen-bond donors (Lipinski definition) is 1. The van der Waals surface area contributed by atoms with Gasteiger partial charge in [0.2, 0.25) is 5.92 Å². The quantitative estimate of drug-likeness (QED) is 0.742. The number of alkyl halides is 3. The summed E-state index contributed by atoms with van der Waals surface area (Å²) in [5.74, 6) is -2.76. The highest BCUT2D eigenvalue weighted by Crippen LogP contribution is 2.49. The van der Waals surface area contributed by atoms with Crippen LogP contribution in [0.4, 0.5) is 23.8 Å². The van der Waals surface area contributed by atoms with E-state index in [1.807, 2.05) is 0 Å². The molecule has 2 aliphatic rings. The second kappa shape index (κ2) is 7.02. The lowest BCUT2D eigenvalue weighted by atomic mass is 9.65. The summed E-state index contributed by atoms with van der Waals surface area (Å²) in [6.45, 7) is 4.72. The van der Waals surface area contributed by atoms with Gasteiger partial charge in [-0.3, -0.25) is 10.00 Å². The van der Waals surface area contributed by atoms with E-state index in [0.717, 1.165) is 31.7 Å². The zero-order valence-electron chi connectivity index (χ0n) is 16.3. The summed E-state index contributed by atoms with van der Waals surface area (Å²) in [4.78, 5) is 12.3. The van der Waals surface area contributed by atoms with E-state index in [1.54, 1.807) is 14.0 Å². The van der Waals surface area contributed by atoms with E-state index in [4.69, 9.17) is 4.74 Å². The van der Waals surface area contributed by atoms with Gasteiger partial charge in [0.15, 0.2) is 0 Å². The summed E-state index contributed by atoms with van der Waals surface area (Å²) >= 11 is 0. The molecule has 27 heavy (non-hydrogen) atoms. The molecule has 2 saturated carbocycles. The highest BCUT2D eigenvalue weighted by molar-refractivity contribution is 5.85. The fourth-order valence-corrected chi connectivity index (χ4v) is 4.09. The van der Waals surface area contributed by atoms with Crippen molar-refractivity contribution in [1.29, 1.82) is 0 Å². The molecule has 1 atom stereocenters. The maximum Gasteiger partial charge on any atom is 0.413 e. The Kier molecular flexibility index (Phi) is 5.20. The molecule has 8 heteroatoms. The average Bonchev–Trinajstić information content (AvgIpc) is 2.79. The number of aryl methyl sites for hydroxylation is 1. The number of carbonyl (C=O) groups excluding carboxylic acids is 1. The monoisotopic (exact) mass is 387 g/mol. The second-order valence-electron chi connectivity index (χ2n) is 8.54. The third kappa shape index (κ3) is 4.24. The molecule has 1 aromatic heterocycles. The lowest BCUT2D eigenvalue weighted by Gasteiger charge is -2.40. The Morgan fingerprint density at radius 2 is 2.07 bits per heavy atom. The molecule has 1 aromatic rings. The molecule has 0 aromatic carbocycles. The van der Waals surface area contributed by atoms with Gasteiger partial charge < -0.3 is 4.74 Å². The van der Waals surface area contributed by atoms with Gasteiger partial charge in [-0.2, -0.15) is 5.10 Å². The van der Waals surface area contributed by atoms with Crippen LogP contribution in [0.1, 0.15) is 76.5 Å². The maximum atomic E-state index is 13.6. The summed E-state index contributed by atoms with van der Waals surface area (Å²) in [7, 11) is 1.68. The molecule has 0 saturated heterocycles. The first-order valence-corrected chi connectivity index (χ1v) is 9.55. The summed E-state index contributed by atoms with van der Waals surface area (Å²) in [6.07, 6.45) is 1.03. The summed E-state index contributed by atoms with van der Waals surface area (Å²) in [5, 5.41) is 7.21. The van der Waals surface area contributed by atoms with Crippen molar-refractivity contribution >= 4 is 11.9 Å². The van der Waals surface area contributed by atoms with Crippen LogP contribution in [0.25, 0.3) is 0 Å². The Balaban J connectivity index is 1.85. The number of rotatable bonds is 6. The van der Waals surface area contributed by atoms with Gasteiger partial charge in [-0.15, -0.1) is 0 Å². The van der Waals surface area contributed by atoms with Crippen LogP contribution >= 0.6 is 0 Å². The van der Waals surface area contributed by atoms with E-state index in [0.29, 0.717) is 11.5 Å². The zero-order valence-corrected chi connectivity index (χ0v) is 16.3. The van der Waals surface area contributed by atoms with Crippen LogP contribution in [0.15, 0.2) is 0 Å². The van der Waals surface area contributed by atoms with E-state index >= 15 is 0 Å². The van der Waals surface area contributed by atoms with Crippen molar-refractivity contribution in [1.82, 2.24) is 9.78 Å². The standard InChI is InChI=1S/C19H28F3N3O2/c1-11(10-19(3,21)22)15-14(18(2)6-5-7-18)16(25(4)24-15)23-17(26)27-13-8-12(20)9-13/h11-13H,5-10H2,1-4H3,(H,23,26). The molecular weight excluding hydrogens is 359 g/mol. The van der Waals surface area contributed by atoms with E-state index in [9.17, 15) is 18.0 Å². The molecule has 5 nitrogen and oxygen atoms in total. The predicted octanol–water partition coefficient (Wildman–Crippen LogP) is 5.06. The van der Waals surface area contributed by atoms with Crippen molar-refractivity contribution in [2.75, 3.05) is 5.32 Å². The van der Waals surface area contributed by atoms with Crippen LogP contribution in [0, 0.1) is 0 Å². The number of nitrogens with zero attached hydrogens (tertiary/aromatic N) is 2. The number of carbonyl (C=O) groups is 1. The van der Waals surface area contributed by atoms with Gasteiger partial charge >= 0.3 is 6.09 Å². The van der Waals surface area contributed by atoms with Gasteiger partial charge in [-0.1, -0.05) is 20.3 Å².